The minimum Gasteiger partial charge on any atom is -0.393 e. The molecule has 6 heteroatoms. The number of nitrogens with zero attached hydrogens (tertiary/aromatic N) is 4. The molecule has 2 N–H and O–H groups in total. The van der Waals surface area contributed by atoms with Crippen LogP contribution in [-0.4, -0.2) is 37.6 Å². The third kappa shape index (κ3) is 3.00. The van der Waals surface area contributed by atoms with Crippen LogP contribution in [0.1, 0.15) is 45.9 Å². The highest BCUT2D eigenvalue weighted by Crippen LogP contribution is 2.25. The Hall–Kier alpha value is -1.69. The van der Waals surface area contributed by atoms with Crippen molar-refractivity contribution in [1.82, 2.24) is 19.8 Å². The number of rotatable bonds is 3. The summed E-state index contributed by atoms with van der Waals surface area (Å²) in [5.74, 6) is 2.21. The molecule has 1 aliphatic rings. The van der Waals surface area contributed by atoms with Crippen molar-refractivity contribution in [3.8, 4) is 0 Å². The van der Waals surface area contributed by atoms with Gasteiger partial charge >= 0.3 is 0 Å². The molecule has 0 spiro atoms. The number of aromatic nitrogens is 4. The summed E-state index contributed by atoms with van der Waals surface area (Å²) in [6.07, 6.45) is 2.75. The summed E-state index contributed by atoms with van der Waals surface area (Å²) in [7, 11) is 0. The summed E-state index contributed by atoms with van der Waals surface area (Å²) in [5, 5.41) is 25.9. The summed E-state index contributed by atoms with van der Waals surface area (Å²) in [6.45, 7) is 7.16. The molecule has 1 saturated carbocycles. The van der Waals surface area contributed by atoms with Crippen LogP contribution < -0.4 is 5.32 Å². The van der Waals surface area contributed by atoms with Gasteiger partial charge in [0.15, 0.2) is 11.5 Å². The summed E-state index contributed by atoms with van der Waals surface area (Å²) in [6, 6.07) is 3.86. The number of anilines is 1. The summed E-state index contributed by atoms with van der Waals surface area (Å²) >= 11 is 0. The lowest BCUT2D eigenvalue weighted by Gasteiger charge is -2.16. The summed E-state index contributed by atoms with van der Waals surface area (Å²) < 4.78 is 1.81. The predicted octanol–water partition coefficient (Wildman–Crippen LogP) is 1.99. The predicted molar refractivity (Wildman–Crippen MR) is 81.3 cm³/mol. The highest BCUT2D eigenvalue weighted by molar-refractivity contribution is 5.44. The van der Waals surface area contributed by atoms with Crippen LogP contribution in [0.2, 0.25) is 0 Å². The second kappa shape index (κ2) is 5.26. The highest BCUT2D eigenvalue weighted by atomic mass is 16.3. The SMILES string of the molecule is CC(C)(C)c1nnc2ccc(NC[C@@H]3CC[C@H](O)C3)nn12. The Morgan fingerprint density at radius 3 is 2.76 bits per heavy atom. The van der Waals surface area contributed by atoms with Crippen molar-refractivity contribution in [1.29, 1.82) is 0 Å². The van der Waals surface area contributed by atoms with E-state index in [1.807, 2.05) is 16.6 Å². The summed E-state index contributed by atoms with van der Waals surface area (Å²) in [4.78, 5) is 0. The maximum absolute atomic E-state index is 9.57. The number of hydrogen-bond donors (Lipinski definition) is 2. The van der Waals surface area contributed by atoms with Gasteiger partial charge in [0.2, 0.25) is 0 Å². The van der Waals surface area contributed by atoms with Crippen molar-refractivity contribution in [3.63, 3.8) is 0 Å². The second-order valence-corrected chi connectivity index (χ2v) is 6.98. The lowest BCUT2D eigenvalue weighted by Crippen LogP contribution is -2.18. The fourth-order valence-corrected chi connectivity index (χ4v) is 2.83. The molecule has 2 heterocycles. The first kappa shape index (κ1) is 14.3. The molecule has 3 rings (SSSR count). The van der Waals surface area contributed by atoms with Gasteiger partial charge in [-0.2, -0.15) is 4.52 Å². The molecule has 2 aromatic heterocycles. The summed E-state index contributed by atoms with van der Waals surface area (Å²) in [5.41, 5.74) is 0.669. The molecule has 2 atom stereocenters. The molecule has 1 aliphatic carbocycles. The van der Waals surface area contributed by atoms with Crippen LogP contribution in [0.25, 0.3) is 5.65 Å². The maximum Gasteiger partial charge on any atom is 0.178 e. The van der Waals surface area contributed by atoms with E-state index in [1.54, 1.807) is 0 Å². The van der Waals surface area contributed by atoms with E-state index >= 15 is 0 Å². The zero-order valence-corrected chi connectivity index (χ0v) is 12.9. The number of aliphatic hydroxyl groups excluding tert-OH is 1. The van der Waals surface area contributed by atoms with Crippen molar-refractivity contribution in [2.45, 2.75) is 51.6 Å². The third-order valence-electron chi connectivity index (χ3n) is 4.02. The third-order valence-corrected chi connectivity index (χ3v) is 4.02. The molecular formula is C15H23N5O. The van der Waals surface area contributed by atoms with E-state index in [4.69, 9.17) is 0 Å². The Bertz CT molecular complexity index is 631. The molecule has 0 bridgehead atoms. The van der Waals surface area contributed by atoms with Gasteiger partial charge < -0.3 is 10.4 Å². The van der Waals surface area contributed by atoms with Gasteiger partial charge in [-0.1, -0.05) is 20.8 Å². The number of nitrogens with one attached hydrogen (secondary N) is 1. The first-order valence-corrected chi connectivity index (χ1v) is 7.58. The van der Waals surface area contributed by atoms with Crippen LogP contribution in [0.3, 0.4) is 0 Å². The number of aliphatic hydroxyl groups is 1. The van der Waals surface area contributed by atoms with E-state index in [0.717, 1.165) is 43.1 Å². The average Bonchev–Trinajstić information content (AvgIpc) is 3.01. The molecular weight excluding hydrogens is 266 g/mol. The van der Waals surface area contributed by atoms with Crippen LogP contribution in [0.4, 0.5) is 5.82 Å². The smallest absolute Gasteiger partial charge is 0.178 e. The van der Waals surface area contributed by atoms with Crippen molar-refractivity contribution >= 4 is 11.5 Å². The van der Waals surface area contributed by atoms with E-state index in [1.165, 1.54) is 0 Å². The molecule has 6 nitrogen and oxygen atoms in total. The normalized spacial score (nSPS) is 22.9. The van der Waals surface area contributed by atoms with E-state index in [2.05, 4.69) is 41.4 Å². The van der Waals surface area contributed by atoms with Crippen LogP contribution in [0.5, 0.6) is 0 Å². The van der Waals surface area contributed by atoms with Crippen molar-refractivity contribution < 1.29 is 5.11 Å². The second-order valence-electron chi connectivity index (χ2n) is 6.98. The van der Waals surface area contributed by atoms with E-state index < -0.39 is 0 Å². The minimum absolute atomic E-state index is 0.0966. The minimum atomic E-state index is -0.127. The van der Waals surface area contributed by atoms with E-state index in [9.17, 15) is 5.11 Å². The fourth-order valence-electron chi connectivity index (χ4n) is 2.83. The lowest BCUT2D eigenvalue weighted by atomic mass is 9.96. The molecule has 0 unspecified atom stereocenters. The quantitative estimate of drug-likeness (QED) is 0.904. The van der Waals surface area contributed by atoms with E-state index in [0.29, 0.717) is 5.92 Å². The molecule has 0 amide bonds. The molecule has 0 radical (unpaired) electrons. The standard InChI is InChI=1S/C15H23N5O/c1-15(2,3)14-18-17-13-7-6-12(19-20(13)14)16-9-10-4-5-11(21)8-10/h6-7,10-11,21H,4-5,8-9H2,1-3H3,(H,16,19)/t10-,11+/m1/s1. The molecule has 2 aromatic rings. The lowest BCUT2D eigenvalue weighted by molar-refractivity contribution is 0.178. The zero-order chi connectivity index (χ0) is 15.0. The van der Waals surface area contributed by atoms with Gasteiger partial charge in [-0.25, -0.2) is 0 Å². The van der Waals surface area contributed by atoms with Gasteiger partial charge in [-0.05, 0) is 37.3 Å². The largest absolute Gasteiger partial charge is 0.393 e. The zero-order valence-electron chi connectivity index (χ0n) is 12.9. The van der Waals surface area contributed by atoms with Gasteiger partial charge in [-0.3, -0.25) is 0 Å². The molecule has 0 saturated heterocycles. The average molecular weight is 289 g/mol. The molecule has 21 heavy (non-hydrogen) atoms. The molecule has 0 aliphatic heterocycles. The van der Waals surface area contributed by atoms with Crippen molar-refractivity contribution in [2.75, 3.05) is 11.9 Å². The van der Waals surface area contributed by atoms with Crippen molar-refractivity contribution in [3.05, 3.63) is 18.0 Å². The van der Waals surface area contributed by atoms with Crippen LogP contribution in [-0.2, 0) is 5.41 Å². The Balaban J connectivity index is 1.77. The topological polar surface area (TPSA) is 75.3 Å². The number of hydrogen-bond acceptors (Lipinski definition) is 5. The Kier molecular flexibility index (Phi) is 3.57. The van der Waals surface area contributed by atoms with Gasteiger partial charge in [0.1, 0.15) is 5.82 Å². The van der Waals surface area contributed by atoms with Gasteiger partial charge in [0, 0.05) is 12.0 Å². The number of fused-ring (bicyclic) bond motifs is 1. The van der Waals surface area contributed by atoms with E-state index in [-0.39, 0.29) is 11.5 Å². The molecule has 114 valence electrons. The van der Waals surface area contributed by atoms with Crippen LogP contribution >= 0.6 is 0 Å². The van der Waals surface area contributed by atoms with Crippen molar-refractivity contribution in [2.24, 2.45) is 5.92 Å². The van der Waals surface area contributed by atoms with Gasteiger partial charge in [0.05, 0.1) is 6.10 Å². The maximum atomic E-state index is 9.57. The first-order valence-electron chi connectivity index (χ1n) is 7.58. The van der Waals surface area contributed by atoms with Crippen LogP contribution in [0.15, 0.2) is 12.1 Å². The fraction of sp³-hybridized carbons (Fsp3) is 0.667. The monoisotopic (exact) mass is 289 g/mol. The van der Waals surface area contributed by atoms with Crippen LogP contribution in [0, 0.1) is 5.92 Å². The molecule has 1 fully saturated rings. The highest BCUT2D eigenvalue weighted by Gasteiger charge is 2.23. The van der Waals surface area contributed by atoms with Gasteiger partial charge in [-0.15, -0.1) is 15.3 Å². The first-order chi connectivity index (χ1) is 9.93. The Morgan fingerprint density at radius 2 is 2.10 bits per heavy atom. The molecule has 0 aromatic carbocycles. The van der Waals surface area contributed by atoms with Gasteiger partial charge in [0.25, 0.3) is 0 Å². The Morgan fingerprint density at radius 1 is 1.29 bits per heavy atom. The Labute approximate surface area is 124 Å².